The zero-order valence-corrected chi connectivity index (χ0v) is 7.14. The Kier molecular flexibility index (Phi) is 1.13. The molecule has 1 aliphatic rings. The van der Waals surface area contributed by atoms with Crippen LogP contribution in [0.15, 0.2) is 24.8 Å². The molecule has 0 amide bonds. The van der Waals surface area contributed by atoms with Gasteiger partial charge in [-0.05, 0) is 18.9 Å². The van der Waals surface area contributed by atoms with Crippen molar-refractivity contribution in [1.29, 1.82) is 0 Å². The van der Waals surface area contributed by atoms with Crippen molar-refractivity contribution < 1.29 is 0 Å². The maximum absolute atomic E-state index is 6.04. The molecule has 0 atom stereocenters. The fourth-order valence-electron chi connectivity index (χ4n) is 1.47. The Morgan fingerprint density at radius 2 is 2.31 bits per heavy atom. The topological polar surface area (TPSA) is 56.2 Å². The largest absolute Gasteiger partial charge is 0.320 e. The zero-order chi connectivity index (χ0) is 8.89. The average Bonchev–Trinajstić information content (AvgIpc) is 2.76. The van der Waals surface area contributed by atoms with E-state index in [2.05, 4.69) is 9.97 Å². The summed E-state index contributed by atoms with van der Waals surface area (Å²) in [6.45, 7) is 0. The molecule has 0 saturated heterocycles. The summed E-state index contributed by atoms with van der Waals surface area (Å²) in [7, 11) is 0. The minimum Gasteiger partial charge on any atom is -0.320 e. The first-order valence-corrected chi connectivity index (χ1v) is 4.36. The summed E-state index contributed by atoms with van der Waals surface area (Å²) < 4.78 is 1.91. The number of nitrogens with two attached hydrogens (primary N) is 1. The van der Waals surface area contributed by atoms with Gasteiger partial charge in [0.1, 0.15) is 12.0 Å². The van der Waals surface area contributed by atoms with Gasteiger partial charge in [-0.25, -0.2) is 9.97 Å². The lowest BCUT2D eigenvalue weighted by Gasteiger charge is -2.00. The summed E-state index contributed by atoms with van der Waals surface area (Å²) in [4.78, 5) is 8.46. The Bertz CT molecular complexity index is 422. The van der Waals surface area contributed by atoms with Crippen LogP contribution >= 0.6 is 0 Å². The molecule has 1 aliphatic carbocycles. The van der Waals surface area contributed by atoms with Gasteiger partial charge in [-0.1, -0.05) is 0 Å². The van der Waals surface area contributed by atoms with E-state index in [-0.39, 0.29) is 5.54 Å². The summed E-state index contributed by atoms with van der Waals surface area (Å²) in [6.07, 6.45) is 7.55. The third-order valence-corrected chi connectivity index (χ3v) is 2.56. The van der Waals surface area contributed by atoms with Crippen molar-refractivity contribution in [1.82, 2.24) is 14.4 Å². The second-order valence-corrected chi connectivity index (χ2v) is 3.63. The molecule has 1 fully saturated rings. The van der Waals surface area contributed by atoms with E-state index < -0.39 is 0 Å². The van der Waals surface area contributed by atoms with Gasteiger partial charge in [0.05, 0.1) is 11.2 Å². The number of rotatable bonds is 1. The Morgan fingerprint density at radius 3 is 3.00 bits per heavy atom. The van der Waals surface area contributed by atoms with E-state index in [4.69, 9.17) is 5.73 Å². The van der Waals surface area contributed by atoms with E-state index in [0.717, 1.165) is 24.2 Å². The molecule has 0 unspecified atom stereocenters. The smallest absolute Gasteiger partial charge is 0.139 e. The van der Waals surface area contributed by atoms with E-state index in [1.807, 2.05) is 16.7 Å². The van der Waals surface area contributed by atoms with Gasteiger partial charge >= 0.3 is 0 Å². The summed E-state index contributed by atoms with van der Waals surface area (Å²) in [5, 5.41) is 0. The van der Waals surface area contributed by atoms with Crippen molar-refractivity contribution in [2.45, 2.75) is 18.4 Å². The average molecular weight is 174 g/mol. The molecular formula is C9H10N4. The molecule has 1 saturated carbocycles. The number of aromatic nitrogens is 3. The normalized spacial score (nSPS) is 19.2. The number of hydrogen-bond acceptors (Lipinski definition) is 3. The zero-order valence-electron chi connectivity index (χ0n) is 7.14. The lowest BCUT2D eigenvalue weighted by atomic mass is 10.2. The number of hydrogen-bond donors (Lipinski definition) is 1. The fourth-order valence-corrected chi connectivity index (χ4v) is 1.47. The molecule has 2 N–H and O–H groups in total. The Labute approximate surface area is 75.4 Å². The van der Waals surface area contributed by atoms with Crippen LogP contribution in [0.4, 0.5) is 0 Å². The second kappa shape index (κ2) is 2.09. The molecule has 2 aromatic heterocycles. The van der Waals surface area contributed by atoms with Crippen LogP contribution < -0.4 is 5.73 Å². The van der Waals surface area contributed by atoms with Crippen LogP contribution in [0.3, 0.4) is 0 Å². The molecule has 4 heteroatoms. The van der Waals surface area contributed by atoms with E-state index in [1.165, 1.54) is 0 Å². The third kappa shape index (κ3) is 0.954. The Balaban J connectivity index is 2.22. The van der Waals surface area contributed by atoms with Gasteiger partial charge in [0.15, 0.2) is 0 Å². The summed E-state index contributed by atoms with van der Waals surface area (Å²) in [5.74, 6) is 0. The first-order chi connectivity index (χ1) is 6.28. The predicted molar refractivity (Wildman–Crippen MR) is 48.1 cm³/mol. The Morgan fingerprint density at radius 1 is 1.46 bits per heavy atom. The van der Waals surface area contributed by atoms with Crippen molar-refractivity contribution in [3.63, 3.8) is 0 Å². The molecule has 0 aliphatic heterocycles. The van der Waals surface area contributed by atoms with Gasteiger partial charge in [-0.2, -0.15) is 0 Å². The SMILES string of the molecule is NC1(c2cn3cnccc3n2)CC1. The molecule has 66 valence electrons. The van der Waals surface area contributed by atoms with Crippen molar-refractivity contribution in [2.75, 3.05) is 0 Å². The van der Waals surface area contributed by atoms with Crippen molar-refractivity contribution in [3.05, 3.63) is 30.5 Å². The van der Waals surface area contributed by atoms with Crippen LogP contribution in [0.5, 0.6) is 0 Å². The first kappa shape index (κ1) is 7.03. The van der Waals surface area contributed by atoms with E-state index in [0.29, 0.717) is 0 Å². The molecule has 0 radical (unpaired) electrons. The van der Waals surface area contributed by atoms with Crippen LogP contribution in [0.1, 0.15) is 18.5 Å². The summed E-state index contributed by atoms with van der Waals surface area (Å²) in [6, 6.07) is 1.88. The minimum absolute atomic E-state index is 0.147. The van der Waals surface area contributed by atoms with Crippen LogP contribution in [0.2, 0.25) is 0 Å². The molecule has 2 heterocycles. The van der Waals surface area contributed by atoms with Crippen LogP contribution in [0, 0.1) is 0 Å². The molecule has 0 bridgehead atoms. The highest BCUT2D eigenvalue weighted by atomic mass is 15.1. The first-order valence-electron chi connectivity index (χ1n) is 4.36. The minimum atomic E-state index is -0.147. The molecule has 0 spiro atoms. The summed E-state index contributed by atoms with van der Waals surface area (Å²) in [5.41, 5.74) is 7.79. The highest BCUT2D eigenvalue weighted by Crippen LogP contribution is 2.41. The number of fused-ring (bicyclic) bond motifs is 1. The van der Waals surface area contributed by atoms with Gasteiger partial charge in [-0.15, -0.1) is 0 Å². The molecule has 4 nitrogen and oxygen atoms in total. The molecular weight excluding hydrogens is 164 g/mol. The van der Waals surface area contributed by atoms with E-state index >= 15 is 0 Å². The lowest BCUT2D eigenvalue weighted by Crippen LogP contribution is -2.18. The van der Waals surface area contributed by atoms with Gasteiger partial charge in [0, 0.05) is 12.4 Å². The predicted octanol–water partition coefficient (Wildman–Crippen LogP) is 0.677. The number of nitrogens with zero attached hydrogens (tertiary/aromatic N) is 3. The van der Waals surface area contributed by atoms with Gasteiger partial charge < -0.3 is 5.73 Å². The van der Waals surface area contributed by atoms with Crippen molar-refractivity contribution in [2.24, 2.45) is 5.73 Å². The molecule has 3 rings (SSSR count). The molecule has 0 aromatic carbocycles. The highest BCUT2D eigenvalue weighted by Gasteiger charge is 2.42. The van der Waals surface area contributed by atoms with Gasteiger partial charge in [0.25, 0.3) is 0 Å². The van der Waals surface area contributed by atoms with Gasteiger partial charge in [0.2, 0.25) is 0 Å². The third-order valence-electron chi connectivity index (χ3n) is 2.56. The van der Waals surface area contributed by atoms with Crippen LogP contribution in [-0.4, -0.2) is 14.4 Å². The maximum atomic E-state index is 6.04. The van der Waals surface area contributed by atoms with E-state index in [9.17, 15) is 0 Å². The summed E-state index contributed by atoms with van der Waals surface area (Å²) >= 11 is 0. The van der Waals surface area contributed by atoms with Crippen molar-refractivity contribution in [3.8, 4) is 0 Å². The van der Waals surface area contributed by atoms with Crippen LogP contribution in [-0.2, 0) is 5.54 Å². The fraction of sp³-hybridized carbons (Fsp3) is 0.333. The Hall–Kier alpha value is -1.42. The number of imidazole rings is 1. The van der Waals surface area contributed by atoms with Gasteiger partial charge in [-0.3, -0.25) is 4.40 Å². The van der Waals surface area contributed by atoms with E-state index in [1.54, 1.807) is 12.5 Å². The lowest BCUT2D eigenvalue weighted by molar-refractivity contribution is 0.715. The molecule has 2 aromatic rings. The standard InChI is InChI=1S/C9H10N4/c10-9(2-3-9)7-5-13-6-11-4-1-8(13)12-7/h1,4-6H,2-3,10H2. The van der Waals surface area contributed by atoms with Crippen LogP contribution in [0.25, 0.3) is 5.65 Å². The second-order valence-electron chi connectivity index (χ2n) is 3.63. The highest BCUT2D eigenvalue weighted by molar-refractivity contribution is 5.40. The van der Waals surface area contributed by atoms with Crippen molar-refractivity contribution >= 4 is 5.65 Å². The monoisotopic (exact) mass is 174 g/mol. The maximum Gasteiger partial charge on any atom is 0.139 e. The quantitative estimate of drug-likeness (QED) is 0.691. The molecule has 13 heavy (non-hydrogen) atoms.